The van der Waals surface area contributed by atoms with Gasteiger partial charge in [0.2, 0.25) is 0 Å². The van der Waals surface area contributed by atoms with Crippen LogP contribution in [0.3, 0.4) is 0 Å². The van der Waals surface area contributed by atoms with Gasteiger partial charge in [0, 0.05) is 35.4 Å². The highest BCUT2D eigenvalue weighted by Crippen LogP contribution is 2.24. The molecule has 0 aliphatic heterocycles. The smallest absolute Gasteiger partial charge is 0.159 e. The van der Waals surface area contributed by atoms with Crippen LogP contribution in [0.15, 0.2) is 37.1 Å². The van der Waals surface area contributed by atoms with Crippen molar-refractivity contribution in [2.45, 2.75) is 6.92 Å². The minimum absolute atomic E-state index is 0.380. The quantitative estimate of drug-likeness (QED) is 0.646. The van der Waals surface area contributed by atoms with E-state index in [0.717, 1.165) is 22.5 Å². The van der Waals surface area contributed by atoms with E-state index >= 15 is 0 Å². The summed E-state index contributed by atoms with van der Waals surface area (Å²) in [4.78, 5) is 12.7. The minimum atomic E-state index is 0.380. The van der Waals surface area contributed by atoms with Crippen LogP contribution in [0.1, 0.15) is 11.4 Å². The predicted octanol–water partition coefficient (Wildman–Crippen LogP) is 1.97. The first-order valence-electron chi connectivity index (χ1n) is 5.44. The van der Waals surface area contributed by atoms with Crippen LogP contribution in [0.2, 0.25) is 0 Å². The molecule has 0 unspecified atom stereocenters. The Balaban J connectivity index is 2.33. The zero-order valence-corrected chi connectivity index (χ0v) is 9.70. The molecule has 0 bridgehead atoms. The molecule has 0 fully saturated rings. The maximum absolute atomic E-state index is 8.90. The summed E-state index contributed by atoms with van der Waals surface area (Å²) >= 11 is 0. The van der Waals surface area contributed by atoms with Gasteiger partial charge in [-0.25, -0.2) is 9.97 Å². The molecule has 0 saturated heterocycles. The average molecular weight is 235 g/mol. The zero-order chi connectivity index (χ0) is 12.5. The standard InChI is InChI=1S/C13H9N5/c1-9-11(3-2-4-16-9)12-6-15-8-18-7-10(5-14)17-13(12)18/h2-4,6-8H,1H3. The maximum Gasteiger partial charge on any atom is 0.159 e. The molecule has 0 spiro atoms. The molecule has 18 heavy (non-hydrogen) atoms. The molecule has 5 nitrogen and oxygen atoms in total. The van der Waals surface area contributed by atoms with Gasteiger partial charge in [0.25, 0.3) is 0 Å². The van der Waals surface area contributed by atoms with E-state index in [4.69, 9.17) is 5.26 Å². The number of imidazole rings is 1. The van der Waals surface area contributed by atoms with Crippen LogP contribution in [0.25, 0.3) is 16.8 Å². The largest absolute Gasteiger partial charge is 0.289 e. The van der Waals surface area contributed by atoms with Gasteiger partial charge in [0.05, 0.1) is 0 Å². The lowest BCUT2D eigenvalue weighted by atomic mass is 10.1. The van der Waals surface area contributed by atoms with Crippen molar-refractivity contribution < 1.29 is 0 Å². The number of hydrogen-bond donors (Lipinski definition) is 0. The molecule has 0 N–H and O–H groups in total. The molecule has 0 radical (unpaired) electrons. The Hall–Kier alpha value is -2.74. The van der Waals surface area contributed by atoms with Gasteiger partial charge in [-0.1, -0.05) is 6.07 Å². The van der Waals surface area contributed by atoms with Gasteiger partial charge >= 0.3 is 0 Å². The Kier molecular flexibility index (Phi) is 2.27. The zero-order valence-electron chi connectivity index (χ0n) is 9.70. The lowest BCUT2D eigenvalue weighted by Gasteiger charge is -2.05. The monoisotopic (exact) mass is 235 g/mol. The van der Waals surface area contributed by atoms with Crippen molar-refractivity contribution in [1.29, 1.82) is 5.26 Å². The first-order valence-corrected chi connectivity index (χ1v) is 5.44. The summed E-state index contributed by atoms with van der Waals surface area (Å²) in [6.45, 7) is 1.94. The topological polar surface area (TPSA) is 66.9 Å². The summed E-state index contributed by atoms with van der Waals surface area (Å²) in [5.41, 5.74) is 3.87. The lowest BCUT2D eigenvalue weighted by Crippen LogP contribution is -1.93. The van der Waals surface area contributed by atoms with Gasteiger partial charge in [-0.15, -0.1) is 0 Å². The van der Waals surface area contributed by atoms with Gasteiger partial charge in [-0.05, 0) is 13.0 Å². The molecule has 3 rings (SSSR count). The first kappa shape index (κ1) is 10.4. The second kappa shape index (κ2) is 3.93. The molecule has 5 heteroatoms. The summed E-state index contributed by atoms with van der Waals surface area (Å²) in [5.74, 6) is 0. The second-order valence-electron chi connectivity index (χ2n) is 3.91. The number of nitrogens with zero attached hydrogens (tertiary/aromatic N) is 5. The maximum atomic E-state index is 8.90. The van der Waals surface area contributed by atoms with E-state index in [-0.39, 0.29) is 0 Å². The van der Waals surface area contributed by atoms with E-state index in [1.54, 1.807) is 29.3 Å². The third-order valence-electron chi connectivity index (χ3n) is 2.78. The van der Waals surface area contributed by atoms with Crippen molar-refractivity contribution in [3.8, 4) is 17.2 Å². The number of nitriles is 1. The Labute approximate surface area is 103 Å². The number of pyridine rings is 1. The van der Waals surface area contributed by atoms with Crippen molar-refractivity contribution in [3.05, 3.63) is 48.4 Å². The Morgan fingerprint density at radius 3 is 3.00 bits per heavy atom. The van der Waals surface area contributed by atoms with Crippen molar-refractivity contribution >= 4 is 5.65 Å². The van der Waals surface area contributed by atoms with E-state index in [1.807, 2.05) is 25.1 Å². The molecule has 3 heterocycles. The summed E-state index contributed by atoms with van der Waals surface area (Å²) in [6, 6.07) is 5.88. The number of fused-ring (bicyclic) bond motifs is 1. The van der Waals surface area contributed by atoms with E-state index in [1.165, 1.54) is 0 Å². The molecule has 0 atom stereocenters. The Morgan fingerprint density at radius 2 is 2.22 bits per heavy atom. The van der Waals surface area contributed by atoms with E-state index in [0.29, 0.717) is 5.69 Å². The summed E-state index contributed by atoms with van der Waals surface area (Å²) in [5, 5.41) is 8.90. The highest BCUT2D eigenvalue weighted by atomic mass is 15.0. The Bertz CT molecular complexity index is 766. The van der Waals surface area contributed by atoms with Crippen molar-refractivity contribution in [3.63, 3.8) is 0 Å². The third-order valence-corrected chi connectivity index (χ3v) is 2.78. The van der Waals surface area contributed by atoms with Crippen LogP contribution < -0.4 is 0 Å². The minimum Gasteiger partial charge on any atom is -0.289 e. The molecule has 0 aliphatic rings. The van der Waals surface area contributed by atoms with Gasteiger partial charge in [-0.3, -0.25) is 9.38 Å². The summed E-state index contributed by atoms with van der Waals surface area (Å²) < 4.78 is 1.75. The molecule has 3 aromatic heterocycles. The van der Waals surface area contributed by atoms with Crippen molar-refractivity contribution in [1.82, 2.24) is 19.4 Å². The second-order valence-corrected chi connectivity index (χ2v) is 3.91. The van der Waals surface area contributed by atoms with Crippen molar-refractivity contribution in [2.75, 3.05) is 0 Å². The number of aromatic nitrogens is 4. The first-order chi connectivity index (χ1) is 8.79. The van der Waals surface area contributed by atoms with Gasteiger partial charge in [0.15, 0.2) is 5.69 Å². The fourth-order valence-electron chi connectivity index (χ4n) is 1.93. The summed E-state index contributed by atoms with van der Waals surface area (Å²) in [7, 11) is 0. The van der Waals surface area contributed by atoms with Crippen LogP contribution in [-0.2, 0) is 0 Å². The van der Waals surface area contributed by atoms with E-state index < -0.39 is 0 Å². The van der Waals surface area contributed by atoms with Gasteiger partial charge < -0.3 is 0 Å². The fourth-order valence-corrected chi connectivity index (χ4v) is 1.93. The molecule has 3 aromatic rings. The van der Waals surface area contributed by atoms with Crippen LogP contribution in [-0.4, -0.2) is 19.4 Å². The van der Waals surface area contributed by atoms with E-state index in [9.17, 15) is 0 Å². The highest BCUT2D eigenvalue weighted by Gasteiger charge is 2.10. The third kappa shape index (κ3) is 1.52. The van der Waals surface area contributed by atoms with Gasteiger partial charge in [0.1, 0.15) is 18.0 Å². The number of aryl methyl sites for hydroxylation is 1. The van der Waals surface area contributed by atoms with Crippen LogP contribution >= 0.6 is 0 Å². The van der Waals surface area contributed by atoms with Crippen LogP contribution in [0.5, 0.6) is 0 Å². The van der Waals surface area contributed by atoms with Crippen LogP contribution in [0.4, 0.5) is 0 Å². The van der Waals surface area contributed by atoms with Crippen LogP contribution in [0, 0.1) is 18.3 Å². The molecule has 0 aliphatic carbocycles. The predicted molar refractivity (Wildman–Crippen MR) is 65.7 cm³/mol. The molecule has 86 valence electrons. The molecule has 0 saturated carbocycles. The van der Waals surface area contributed by atoms with Crippen molar-refractivity contribution in [2.24, 2.45) is 0 Å². The SMILES string of the molecule is Cc1ncccc1-c1cncn2cc(C#N)nc12. The highest BCUT2D eigenvalue weighted by molar-refractivity contribution is 5.78. The molecule has 0 aromatic carbocycles. The number of hydrogen-bond acceptors (Lipinski definition) is 4. The number of rotatable bonds is 1. The molecule has 0 amide bonds. The van der Waals surface area contributed by atoms with E-state index in [2.05, 4.69) is 15.0 Å². The lowest BCUT2D eigenvalue weighted by molar-refractivity contribution is 1.08. The fraction of sp³-hybridized carbons (Fsp3) is 0.0769. The average Bonchev–Trinajstić information content (AvgIpc) is 2.82. The normalized spacial score (nSPS) is 10.4. The summed E-state index contributed by atoms with van der Waals surface area (Å²) in [6.07, 6.45) is 6.79. The molecular weight excluding hydrogens is 226 g/mol. The molecular formula is C13H9N5. The van der Waals surface area contributed by atoms with Gasteiger partial charge in [-0.2, -0.15) is 5.26 Å². The Morgan fingerprint density at radius 1 is 1.33 bits per heavy atom.